The number of amides is 2. The third kappa shape index (κ3) is 5.28. The Balaban J connectivity index is 1.28. The van der Waals surface area contributed by atoms with Crippen LogP contribution in [0.2, 0.25) is 0 Å². The second kappa shape index (κ2) is 10.5. The molecule has 0 spiro atoms. The SMILES string of the molecule is COc1ccc(C(=O)NNC(=O)CCCc2c(-c3ccc4ccccc4n3)[nH]c3ccc(F)cc23)cc1. The summed E-state index contributed by atoms with van der Waals surface area (Å²) in [6, 6.07) is 23.0. The van der Waals surface area contributed by atoms with Crippen LogP contribution in [0.4, 0.5) is 4.39 Å². The first-order valence-corrected chi connectivity index (χ1v) is 11.9. The van der Waals surface area contributed by atoms with Crippen LogP contribution < -0.4 is 15.6 Å². The number of hydrazine groups is 1. The smallest absolute Gasteiger partial charge is 0.269 e. The van der Waals surface area contributed by atoms with Gasteiger partial charge in [0.2, 0.25) is 5.91 Å². The lowest BCUT2D eigenvalue weighted by molar-refractivity contribution is -0.121. The van der Waals surface area contributed by atoms with Crippen molar-refractivity contribution in [1.29, 1.82) is 0 Å². The number of hydrogen-bond donors (Lipinski definition) is 3. The van der Waals surface area contributed by atoms with Crippen LogP contribution in [-0.4, -0.2) is 28.9 Å². The number of methoxy groups -OCH3 is 1. The van der Waals surface area contributed by atoms with Crippen molar-refractivity contribution in [1.82, 2.24) is 20.8 Å². The minimum Gasteiger partial charge on any atom is -0.497 e. The summed E-state index contributed by atoms with van der Waals surface area (Å²) in [6.45, 7) is 0. The number of aromatic nitrogens is 2. The molecule has 5 rings (SSSR count). The predicted octanol–water partition coefficient (Wildman–Crippen LogP) is 5.31. The van der Waals surface area contributed by atoms with Gasteiger partial charge in [0.1, 0.15) is 11.6 Å². The van der Waals surface area contributed by atoms with Crippen molar-refractivity contribution in [3.8, 4) is 17.1 Å². The van der Waals surface area contributed by atoms with Crippen LogP contribution in [0.1, 0.15) is 28.8 Å². The number of hydrogen-bond acceptors (Lipinski definition) is 4. The molecule has 0 radical (unpaired) electrons. The average Bonchev–Trinajstić information content (AvgIpc) is 3.29. The molecular weight excluding hydrogens is 471 g/mol. The van der Waals surface area contributed by atoms with Crippen molar-refractivity contribution in [3.05, 3.63) is 95.8 Å². The fourth-order valence-electron chi connectivity index (χ4n) is 4.33. The standard InChI is InChI=1S/C29H25FN4O3/c1-37-21-13-9-19(10-14-21)29(36)34-33-27(35)8-4-6-22-23-17-20(30)12-16-25(23)32-28(22)26-15-11-18-5-2-3-7-24(18)31-26/h2-3,5,7,9-17,32H,4,6,8H2,1H3,(H,33,35)(H,34,36). The summed E-state index contributed by atoms with van der Waals surface area (Å²) in [5, 5.41) is 1.79. The molecule has 2 aromatic heterocycles. The van der Waals surface area contributed by atoms with Gasteiger partial charge in [0.25, 0.3) is 5.91 Å². The molecule has 0 aliphatic carbocycles. The van der Waals surface area contributed by atoms with Crippen LogP contribution in [0.3, 0.4) is 0 Å². The van der Waals surface area contributed by atoms with E-state index in [1.807, 2.05) is 36.4 Å². The summed E-state index contributed by atoms with van der Waals surface area (Å²) in [7, 11) is 1.55. The molecule has 0 atom stereocenters. The molecular formula is C29H25FN4O3. The van der Waals surface area contributed by atoms with E-state index >= 15 is 0 Å². The lowest BCUT2D eigenvalue weighted by Gasteiger charge is -2.09. The Morgan fingerprint density at radius 3 is 2.59 bits per heavy atom. The van der Waals surface area contributed by atoms with Gasteiger partial charge in [0, 0.05) is 28.3 Å². The third-order valence-electron chi connectivity index (χ3n) is 6.22. The Kier molecular flexibility index (Phi) is 6.81. The maximum atomic E-state index is 14.1. The highest BCUT2D eigenvalue weighted by Gasteiger charge is 2.16. The number of halogens is 1. The molecule has 37 heavy (non-hydrogen) atoms. The number of para-hydroxylation sites is 1. The number of benzene rings is 3. The minimum atomic E-state index is -0.423. The second-order valence-electron chi connectivity index (χ2n) is 8.64. The molecule has 0 bridgehead atoms. The van der Waals surface area contributed by atoms with E-state index in [2.05, 4.69) is 15.8 Å². The highest BCUT2D eigenvalue weighted by Crippen LogP contribution is 2.32. The van der Waals surface area contributed by atoms with Gasteiger partial charge in [0.15, 0.2) is 0 Å². The highest BCUT2D eigenvalue weighted by atomic mass is 19.1. The van der Waals surface area contributed by atoms with Gasteiger partial charge in [-0.3, -0.25) is 20.4 Å². The summed E-state index contributed by atoms with van der Waals surface area (Å²) in [4.78, 5) is 32.8. The van der Waals surface area contributed by atoms with Gasteiger partial charge in [-0.25, -0.2) is 9.37 Å². The summed E-state index contributed by atoms with van der Waals surface area (Å²) < 4.78 is 19.2. The van der Waals surface area contributed by atoms with E-state index in [0.29, 0.717) is 24.2 Å². The van der Waals surface area contributed by atoms with Gasteiger partial charge >= 0.3 is 0 Å². The van der Waals surface area contributed by atoms with E-state index in [-0.39, 0.29) is 18.1 Å². The zero-order chi connectivity index (χ0) is 25.8. The number of nitrogens with one attached hydrogen (secondary N) is 3. The number of nitrogens with zero attached hydrogens (tertiary/aromatic N) is 1. The van der Waals surface area contributed by atoms with Gasteiger partial charge in [-0.2, -0.15) is 0 Å². The first-order valence-electron chi connectivity index (χ1n) is 11.9. The number of pyridine rings is 1. The van der Waals surface area contributed by atoms with E-state index in [4.69, 9.17) is 9.72 Å². The van der Waals surface area contributed by atoms with E-state index in [1.54, 1.807) is 37.4 Å². The molecule has 5 aromatic rings. The molecule has 7 nitrogen and oxygen atoms in total. The van der Waals surface area contributed by atoms with E-state index in [0.717, 1.165) is 38.8 Å². The molecule has 0 fully saturated rings. The third-order valence-corrected chi connectivity index (χ3v) is 6.22. The molecule has 0 aliphatic heterocycles. The minimum absolute atomic E-state index is 0.176. The van der Waals surface area contributed by atoms with Crippen LogP contribution in [-0.2, 0) is 11.2 Å². The molecule has 2 heterocycles. The first kappa shape index (κ1) is 24.0. The van der Waals surface area contributed by atoms with Crippen molar-refractivity contribution in [3.63, 3.8) is 0 Å². The molecule has 3 N–H and O–H groups in total. The topological polar surface area (TPSA) is 96.1 Å². The Hall–Kier alpha value is -4.72. The molecule has 0 saturated heterocycles. The van der Waals surface area contributed by atoms with Gasteiger partial charge in [-0.05, 0) is 73.0 Å². The van der Waals surface area contributed by atoms with Crippen molar-refractivity contribution in [2.75, 3.05) is 7.11 Å². The number of rotatable bonds is 7. The zero-order valence-electron chi connectivity index (χ0n) is 20.2. The number of fused-ring (bicyclic) bond motifs is 2. The number of aryl methyl sites for hydroxylation is 1. The summed E-state index contributed by atoms with van der Waals surface area (Å²) in [5.41, 5.74) is 9.40. The largest absolute Gasteiger partial charge is 0.497 e. The van der Waals surface area contributed by atoms with Crippen molar-refractivity contribution < 1.29 is 18.7 Å². The fraction of sp³-hybridized carbons (Fsp3) is 0.138. The van der Waals surface area contributed by atoms with E-state index in [1.165, 1.54) is 12.1 Å². The average molecular weight is 497 g/mol. The molecule has 0 unspecified atom stereocenters. The van der Waals surface area contributed by atoms with Gasteiger partial charge in [-0.1, -0.05) is 24.3 Å². The lowest BCUT2D eigenvalue weighted by Crippen LogP contribution is -2.41. The zero-order valence-corrected chi connectivity index (χ0v) is 20.2. The number of carbonyl (C=O) groups excluding carboxylic acids is 2. The van der Waals surface area contributed by atoms with Crippen LogP contribution in [0.25, 0.3) is 33.2 Å². The number of carbonyl (C=O) groups is 2. The highest BCUT2D eigenvalue weighted by molar-refractivity contribution is 5.95. The Bertz CT molecular complexity index is 1590. The van der Waals surface area contributed by atoms with Crippen molar-refractivity contribution >= 4 is 33.6 Å². The van der Waals surface area contributed by atoms with Crippen LogP contribution >= 0.6 is 0 Å². The van der Waals surface area contributed by atoms with Gasteiger partial charge in [0.05, 0.1) is 24.0 Å². The molecule has 186 valence electrons. The maximum absolute atomic E-state index is 14.1. The Morgan fingerprint density at radius 1 is 0.973 bits per heavy atom. The first-order chi connectivity index (χ1) is 18.0. The quantitative estimate of drug-likeness (QED) is 0.266. The fourth-order valence-corrected chi connectivity index (χ4v) is 4.33. The van der Waals surface area contributed by atoms with Crippen LogP contribution in [0.5, 0.6) is 5.75 Å². The van der Waals surface area contributed by atoms with Gasteiger partial charge in [-0.15, -0.1) is 0 Å². The van der Waals surface area contributed by atoms with Crippen LogP contribution in [0, 0.1) is 5.82 Å². The molecule has 2 amide bonds. The van der Waals surface area contributed by atoms with Crippen molar-refractivity contribution in [2.24, 2.45) is 0 Å². The van der Waals surface area contributed by atoms with E-state index < -0.39 is 5.91 Å². The summed E-state index contributed by atoms with van der Waals surface area (Å²) >= 11 is 0. The monoisotopic (exact) mass is 496 g/mol. The number of aromatic amines is 1. The lowest BCUT2D eigenvalue weighted by atomic mass is 10.0. The Morgan fingerprint density at radius 2 is 1.78 bits per heavy atom. The van der Waals surface area contributed by atoms with Crippen LogP contribution in [0.15, 0.2) is 78.9 Å². The molecule has 0 saturated carbocycles. The second-order valence-corrected chi connectivity index (χ2v) is 8.64. The predicted molar refractivity (Wildman–Crippen MR) is 141 cm³/mol. The normalized spacial score (nSPS) is 11.0. The molecule has 8 heteroatoms. The maximum Gasteiger partial charge on any atom is 0.269 e. The molecule has 0 aliphatic rings. The molecule has 3 aromatic carbocycles. The van der Waals surface area contributed by atoms with Crippen molar-refractivity contribution in [2.45, 2.75) is 19.3 Å². The summed E-state index contributed by atoms with van der Waals surface area (Å²) in [6.07, 6.45) is 1.19. The van der Waals surface area contributed by atoms with E-state index in [9.17, 15) is 14.0 Å². The number of H-pyrrole nitrogens is 1. The Labute approximate surface area is 212 Å². The van der Waals surface area contributed by atoms with Gasteiger partial charge < -0.3 is 9.72 Å². The number of ether oxygens (including phenoxy) is 1. The summed E-state index contributed by atoms with van der Waals surface area (Å²) in [5.74, 6) is -0.438.